The summed E-state index contributed by atoms with van der Waals surface area (Å²) in [5.41, 5.74) is -0.409. The zero-order valence-corrected chi connectivity index (χ0v) is 10.4. The monoisotopic (exact) mass is 264 g/mol. The van der Waals surface area contributed by atoms with Crippen molar-refractivity contribution in [3.05, 3.63) is 0 Å². The molecule has 1 fully saturated rings. The predicted molar refractivity (Wildman–Crippen MR) is 63.8 cm³/mol. The first-order valence-electron chi connectivity index (χ1n) is 5.73. The van der Waals surface area contributed by atoms with Crippen LogP contribution in [0.3, 0.4) is 0 Å². The number of ether oxygens (including phenoxy) is 1. The minimum atomic E-state index is -1.21. The molecule has 2 aliphatic rings. The highest BCUT2D eigenvalue weighted by molar-refractivity contribution is 8.14. The van der Waals surface area contributed by atoms with Crippen molar-refractivity contribution < 1.29 is 19.3 Å². The first kappa shape index (κ1) is 13.1. The number of hydrogen-bond donors (Lipinski definition) is 3. The summed E-state index contributed by atoms with van der Waals surface area (Å²) in [6, 6.07) is -0.517. The number of amidine groups is 1. The standard InChI is InChI=1S/C10H17FN2O3S/c1-2-3-12-10-13-6-8(15)7(14)5(4-11)16-9(6)17-10/h5-9,14-15H,2-4H2,1H3,(H,12,13)/t5-,6-,7-,8-,9-/m1/s1. The highest BCUT2D eigenvalue weighted by Gasteiger charge is 2.48. The van der Waals surface area contributed by atoms with E-state index in [-0.39, 0.29) is 0 Å². The van der Waals surface area contributed by atoms with Crippen molar-refractivity contribution >= 4 is 16.9 Å². The van der Waals surface area contributed by atoms with E-state index in [2.05, 4.69) is 10.3 Å². The maximum absolute atomic E-state index is 12.6. The Hall–Kier alpha value is -0.370. The summed E-state index contributed by atoms with van der Waals surface area (Å²) in [5.74, 6) is 0. The van der Waals surface area contributed by atoms with Crippen molar-refractivity contribution in [2.75, 3.05) is 13.2 Å². The lowest BCUT2D eigenvalue weighted by Crippen LogP contribution is -2.55. The van der Waals surface area contributed by atoms with Crippen LogP contribution >= 0.6 is 11.8 Å². The second-order valence-corrected chi connectivity index (χ2v) is 5.23. The lowest BCUT2D eigenvalue weighted by molar-refractivity contribution is -0.157. The van der Waals surface area contributed by atoms with Gasteiger partial charge in [0.2, 0.25) is 0 Å². The normalized spacial score (nSPS) is 40.9. The summed E-state index contributed by atoms with van der Waals surface area (Å²) in [5, 5.41) is 23.3. The third-order valence-corrected chi connectivity index (χ3v) is 3.94. The lowest BCUT2D eigenvalue weighted by atomic mass is 9.99. The molecule has 1 saturated heterocycles. The van der Waals surface area contributed by atoms with Gasteiger partial charge < -0.3 is 20.3 Å². The van der Waals surface area contributed by atoms with Gasteiger partial charge in [-0.1, -0.05) is 18.7 Å². The van der Waals surface area contributed by atoms with Crippen LogP contribution in [-0.4, -0.2) is 58.4 Å². The average molecular weight is 264 g/mol. The summed E-state index contributed by atoms with van der Waals surface area (Å²) in [6.07, 6.45) is -2.27. The Balaban J connectivity index is 2.01. The SMILES string of the molecule is CCCNC1=N[C@@H]2[C@@H](O)[C@H](O)[C@@H](CF)O[C@@H]2S1. The smallest absolute Gasteiger partial charge is 0.159 e. The third kappa shape index (κ3) is 2.57. The number of aliphatic hydroxyl groups excluding tert-OH is 2. The van der Waals surface area contributed by atoms with Gasteiger partial charge >= 0.3 is 0 Å². The number of nitrogens with one attached hydrogen (secondary N) is 1. The molecule has 0 bridgehead atoms. The van der Waals surface area contributed by atoms with E-state index < -0.39 is 36.5 Å². The number of nitrogens with zero attached hydrogens (tertiary/aromatic N) is 1. The number of halogens is 1. The first-order valence-corrected chi connectivity index (χ1v) is 6.61. The van der Waals surface area contributed by atoms with Gasteiger partial charge in [0, 0.05) is 6.54 Å². The fraction of sp³-hybridized carbons (Fsp3) is 0.900. The molecule has 0 saturated carbocycles. The number of thioether (sulfide) groups is 1. The van der Waals surface area contributed by atoms with E-state index in [1.165, 1.54) is 11.8 Å². The second-order valence-electron chi connectivity index (χ2n) is 4.15. The number of fused-ring (bicyclic) bond motifs is 1. The maximum Gasteiger partial charge on any atom is 0.159 e. The summed E-state index contributed by atoms with van der Waals surface area (Å²) >= 11 is 1.34. The number of alkyl halides is 1. The van der Waals surface area contributed by atoms with Crippen LogP contribution in [0.4, 0.5) is 4.39 Å². The minimum Gasteiger partial charge on any atom is -0.388 e. The highest BCUT2D eigenvalue weighted by Crippen LogP contribution is 2.35. The zero-order chi connectivity index (χ0) is 12.4. The molecule has 5 atom stereocenters. The van der Waals surface area contributed by atoms with Crippen LogP contribution in [-0.2, 0) is 4.74 Å². The van der Waals surface area contributed by atoms with Crippen LogP contribution in [0.1, 0.15) is 13.3 Å². The predicted octanol–water partition coefficient (Wildman–Crippen LogP) is -0.126. The molecule has 0 unspecified atom stereocenters. The molecule has 0 aromatic heterocycles. The van der Waals surface area contributed by atoms with Crippen LogP contribution < -0.4 is 5.32 Å². The molecule has 7 heteroatoms. The molecule has 5 nitrogen and oxygen atoms in total. The summed E-state index contributed by atoms with van der Waals surface area (Å²) in [7, 11) is 0. The molecule has 0 aliphatic carbocycles. The molecule has 2 rings (SSSR count). The number of hydrogen-bond acceptors (Lipinski definition) is 6. The molecule has 17 heavy (non-hydrogen) atoms. The number of rotatable bonds is 3. The Morgan fingerprint density at radius 2 is 2.24 bits per heavy atom. The van der Waals surface area contributed by atoms with Gasteiger partial charge in [-0.05, 0) is 6.42 Å². The fourth-order valence-corrected chi connectivity index (χ4v) is 3.02. The van der Waals surface area contributed by atoms with Crippen molar-refractivity contribution in [3.63, 3.8) is 0 Å². The van der Waals surface area contributed by atoms with Crippen molar-refractivity contribution in [1.82, 2.24) is 5.32 Å². The van der Waals surface area contributed by atoms with Crippen molar-refractivity contribution in [2.45, 2.75) is 43.1 Å². The van der Waals surface area contributed by atoms with Gasteiger partial charge in [-0.25, -0.2) is 4.39 Å². The Kier molecular flexibility index (Phi) is 4.24. The Morgan fingerprint density at radius 1 is 1.47 bits per heavy atom. The largest absolute Gasteiger partial charge is 0.388 e. The summed E-state index contributed by atoms with van der Waals surface area (Å²) in [6.45, 7) is 2.02. The van der Waals surface area contributed by atoms with Crippen molar-refractivity contribution in [2.24, 2.45) is 4.99 Å². The lowest BCUT2D eigenvalue weighted by Gasteiger charge is -2.36. The van der Waals surface area contributed by atoms with Gasteiger partial charge in [0.05, 0.1) is 0 Å². The first-order chi connectivity index (χ1) is 8.17. The van der Waals surface area contributed by atoms with Gasteiger partial charge in [-0.2, -0.15) is 0 Å². The van der Waals surface area contributed by atoms with Gasteiger partial charge in [0.25, 0.3) is 0 Å². The molecule has 2 aliphatic heterocycles. The number of aliphatic imine (C=N–C) groups is 1. The van der Waals surface area contributed by atoms with Crippen LogP contribution in [0.2, 0.25) is 0 Å². The minimum absolute atomic E-state index is 0.409. The molecule has 0 aromatic rings. The van der Waals surface area contributed by atoms with E-state index in [9.17, 15) is 14.6 Å². The van der Waals surface area contributed by atoms with E-state index in [1.807, 2.05) is 6.92 Å². The number of aliphatic hydroxyl groups is 2. The zero-order valence-electron chi connectivity index (χ0n) is 9.54. The van der Waals surface area contributed by atoms with Gasteiger partial charge in [0.15, 0.2) is 5.17 Å². The summed E-state index contributed by atoms with van der Waals surface area (Å²) in [4.78, 5) is 4.26. The molecule has 98 valence electrons. The second kappa shape index (κ2) is 5.51. The molecule has 0 spiro atoms. The molecule has 3 N–H and O–H groups in total. The fourth-order valence-electron chi connectivity index (χ4n) is 1.87. The van der Waals surface area contributed by atoms with E-state index >= 15 is 0 Å². The van der Waals surface area contributed by atoms with Crippen molar-refractivity contribution in [3.8, 4) is 0 Å². The molecular formula is C10H17FN2O3S. The quantitative estimate of drug-likeness (QED) is 0.662. The Bertz CT molecular complexity index is 305. The third-order valence-electron chi connectivity index (χ3n) is 2.84. The van der Waals surface area contributed by atoms with Crippen molar-refractivity contribution in [1.29, 1.82) is 0 Å². The van der Waals surface area contributed by atoms with Crippen LogP contribution in [0.15, 0.2) is 4.99 Å². The van der Waals surface area contributed by atoms with E-state index in [0.717, 1.165) is 13.0 Å². The van der Waals surface area contributed by atoms with E-state index in [4.69, 9.17) is 4.74 Å². The molecular weight excluding hydrogens is 247 g/mol. The van der Waals surface area contributed by atoms with Gasteiger partial charge in [-0.15, -0.1) is 0 Å². The Labute approximate surface area is 103 Å². The van der Waals surface area contributed by atoms with Crippen LogP contribution in [0.5, 0.6) is 0 Å². The molecule has 0 radical (unpaired) electrons. The van der Waals surface area contributed by atoms with Gasteiger partial charge in [0.1, 0.15) is 36.5 Å². The molecule has 2 heterocycles. The maximum atomic E-state index is 12.6. The van der Waals surface area contributed by atoms with E-state index in [0.29, 0.717) is 5.17 Å². The molecule has 0 amide bonds. The highest BCUT2D eigenvalue weighted by atomic mass is 32.2. The average Bonchev–Trinajstić information content (AvgIpc) is 2.74. The Morgan fingerprint density at radius 3 is 2.88 bits per heavy atom. The summed E-state index contributed by atoms with van der Waals surface area (Å²) < 4.78 is 18.0. The molecule has 0 aromatic carbocycles. The van der Waals surface area contributed by atoms with Crippen LogP contribution in [0.25, 0.3) is 0 Å². The van der Waals surface area contributed by atoms with Gasteiger partial charge in [-0.3, -0.25) is 4.99 Å². The van der Waals surface area contributed by atoms with Crippen LogP contribution in [0, 0.1) is 0 Å². The topological polar surface area (TPSA) is 74.1 Å². The van der Waals surface area contributed by atoms with E-state index in [1.54, 1.807) is 0 Å².